The monoisotopic (exact) mass is 451 g/mol. The lowest BCUT2D eigenvalue weighted by Crippen LogP contribution is -2.40. The van der Waals surface area contributed by atoms with Gasteiger partial charge < -0.3 is 29.4 Å². The lowest BCUT2D eigenvalue weighted by atomic mass is 10.2. The van der Waals surface area contributed by atoms with Gasteiger partial charge >= 0.3 is 0 Å². The fourth-order valence-corrected chi connectivity index (χ4v) is 3.65. The lowest BCUT2D eigenvalue weighted by Gasteiger charge is -2.26. The Labute approximate surface area is 190 Å². The molecule has 1 aromatic heterocycles. The molecule has 0 aliphatic carbocycles. The minimum Gasteiger partial charge on any atom is -0.496 e. The van der Waals surface area contributed by atoms with Gasteiger partial charge in [-0.15, -0.1) is 0 Å². The van der Waals surface area contributed by atoms with Gasteiger partial charge in [-0.1, -0.05) is 24.3 Å². The van der Waals surface area contributed by atoms with Crippen molar-refractivity contribution in [3.8, 4) is 5.75 Å². The van der Waals surface area contributed by atoms with Crippen LogP contribution in [0, 0.1) is 0 Å². The fraction of sp³-hybridized carbons (Fsp3) is 0.292. The molecule has 1 aliphatic rings. The van der Waals surface area contributed by atoms with Gasteiger partial charge in [0.25, 0.3) is 11.8 Å². The summed E-state index contributed by atoms with van der Waals surface area (Å²) in [5.74, 6) is -0.440. The molecule has 0 saturated carbocycles. The van der Waals surface area contributed by atoms with E-state index in [1.807, 2.05) is 6.07 Å². The number of rotatable bonds is 7. The molecule has 0 radical (unpaired) electrons. The van der Waals surface area contributed by atoms with E-state index in [0.717, 1.165) is 0 Å². The zero-order chi connectivity index (χ0) is 23.2. The molecule has 2 heterocycles. The van der Waals surface area contributed by atoms with E-state index >= 15 is 0 Å². The predicted octanol–water partition coefficient (Wildman–Crippen LogP) is 2.67. The molecule has 33 heavy (non-hydrogen) atoms. The van der Waals surface area contributed by atoms with Crippen LogP contribution < -0.4 is 15.4 Å². The molecule has 9 heteroatoms. The summed E-state index contributed by atoms with van der Waals surface area (Å²) in [4.78, 5) is 39.8. The first-order valence-corrected chi connectivity index (χ1v) is 10.7. The number of carbonyl (C=O) groups excluding carboxylic acids is 3. The molecule has 3 aromatic rings. The van der Waals surface area contributed by atoms with Gasteiger partial charge in [0.2, 0.25) is 11.7 Å². The summed E-state index contributed by atoms with van der Waals surface area (Å²) in [6, 6.07) is 14.0. The van der Waals surface area contributed by atoms with Crippen LogP contribution in [-0.4, -0.2) is 62.6 Å². The SMILES string of the molecule is COc1ccccc1C(=O)NCCC(=O)Nc1c(C(=O)N2CCOCC2)oc2ccccc12. The van der Waals surface area contributed by atoms with E-state index in [4.69, 9.17) is 13.9 Å². The van der Waals surface area contributed by atoms with Crippen LogP contribution in [0.1, 0.15) is 27.3 Å². The molecule has 9 nitrogen and oxygen atoms in total. The van der Waals surface area contributed by atoms with Crippen molar-refractivity contribution in [1.82, 2.24) is 10.2 Å². The minimum absolute atomic E-state index is 0.0194. The molecule has 1 aliphatic heterocycles. The quantitative estimate of drug-likeness (QED) is 0.572. The number of hydrogen-bond acceptors (Lipinski definition) is 6. The normalized spacial score (nSPS) is 13.5. The van der Waals surface area contributed by atoms with Crippen LogP contribution >= 0.6 is 0 Å². The smallest absolute Gasteiger partial charge is 0.291 e. The second kappa shape index (κ2) is 10.2. The number of fused-ring (bicyclic) bond motifs is 1. The molecule has 3 amide bonds. The average molecular weight is 451 g/mol. The lowest BCUT2D eigenvalue weighted by molar-refractivity contribution is -0.116. The number of nitrogens with zero attached hydrogens (tertiary/aromatic N) is 1. The van der Waals surface area contributed by atoms with Crippen LogP contribution in [0.3, 0.4) is 0 Å². The zero-order valence-corrected chi connectivity index (χ0v) is 18.3. The molecular weight excluding hydrogens is 426 g/mol. The maximum Gasteiger partial charge on any atom is 0.291 e. The van der Waals surface area contributed by atoms with E-state index in [2.05, 4.69) is 10.6 Å². The van der Waals surface area contributed by atoms with Crippen molar-refractivity contribution in [2.24, 2.45) is 0 Å². The van der Waals surface area contributed by atoms with Gasteiger partial charge in [0.05, 0.1) is 25.9 Å². The first-order valence-electron chi connectivity index (χ1n) is 10.7. The summed E-state index contributed by atoms with van der Waals surface area (Å²) in [7, 11) is 1.49. The Bertz CT molecular complexity index is 1170. The Hall–Kier alpha value is -3.85. The van der Waals surface area contributed by atoms with Gasteiger partial charge in [-0.05, 0) is 24.3 Å². The molecule has 1 saturated heterocycles. The molecule has 4 rings (SSSR count). The number of nitrogens with one attached hydrogen (secondary N) is 2. The zero-order valence-electron chi connectivity index (χ0n) is 18.3. The maximum absolute atomic E-state index is 13.0. The van der Waals surface area contributed by atoms with Crippen LogP contribution in [0.2, 0.25) is 0 Å². The molecule has 0 spiro atoms. The van der Waals surface area contributed by atoms with Gasteiger partial charge in [0.1, 0.15) is 17.0 Å². The third-order valence-corrected chi connectivity index (χ3v) is 5.34. The van der Waals surface area contributed by atoms with Gasteiger partial charge in [0, 0.05) is 31.4 Å². The van der Waals surface area contributed by atoms with E-state index < -0.39 is 0 Å². The van der Waals surface area contributed by atoms with E-state index in [-0.39, 0.29) is 36.4 Å². The van der Waals surface area contributed by atoms with Crippen LogP contribution in [0.5, 0.6) is 5.75 Å². The van der Waals surface area contributed by atoms with Crippen molar-refractivity contribution in [2.75, 3.05) is 45.3 Å². The largest absolute Gasteiger partial charge is 0.496 e. The number of ether oxygens (including phenoxy) is 2. The molecule has 172 valence electrons. The molecular formula is C24H25N3O6. The summed E-state index contributed by atoms with van der Waals surface area (Å²) in [5, 5.41) is 6.16. The highest BCUT2D eigenvalue weighted by Gasteiger charge is 2.27. The Morgan fingerprint density at radius 1 is 1.03 bits per heavy atom. The van der Waals surface area contributed by atoms with Gasteiger partial charge in [-0.25, -0.2) is 0 Å². The van der Waals surface area contributed by atoms with E-state index in [0.29, 0.717) is 54.3 Å². The maximum atomic E-state index is 13.0. The Kier molecular flexibility index (Phi) is 6.89. The van der Waals surface area contributed by atoms with Crippen molar-refractivity contribution >= 4 is 34.4 Å². The van der Waals surface area contributed by atoms with Crippen LogP contribution in [0.25, 0.3) is 11.0 Å². The number of furan rings is 1. The van der Waals surface area contributed by atoms with Gasteiger partial charge in [0.15, 0.2) is 0 Å². The Morgan fingerprint density at radius 2 is 1.76 bits per heavy atom. The van der Waals surface area contributed by atoms with E-state index in [9.17, 15) is 14.4 Å². The van der Waals surface area contributed by atoms with Crippen LogP contribution in [0.4, 0.5) is 5.69 Å². The highest BCUT2D eigenvalue weighted by molar-refractivity contribution is 6.11. The van der Waals surface area contributed by atoms with Crippen LogP contribution in [0.15, 0.2) is 52.9 Å². The molecule has 0 unspecified atom stereocenters. The van der Waals surface area contributed by atoms with Gasteiger partial charge in [-0.3, -0.25) is 14.4 Å². The molecule has 2 aromatic carbocycles. The number of carbonyl (C=O) groups is 3. The van der Waals surface area contributed by atoms with Crippen molar-refractivity contribution in [3.63, 3.8) is 0 Å². The third kappa shape index (κ3) is 4.98. The van der Waals surface area contributed by atoms with E-state index in [1.54, 1.807) is 47.4 Å². The third-order valence-electron chi connectivity index (χ3n) is 5.34. The standard InChI is InChI=1S/C24H25N3O6/c1-31-18-8-4-3-7-17(18)23(29)25-11-10-20(28)26-21-16-6-2-5-9-19(16)33-22(21)24(30)27-12-14-32-15-13-27/h2-9H,10-15H2,1H3,(H,25,29)(H,26,28). The highest BCUT2D eigenvalue weighted by atomic mass is 16.5. The Balaban J connectivity index is 1.44. The number of anilines is 1. The number of para-hydroxylation sites is 2. The average Bonchev–Trinajstić information content (AvgIpc) is 3.22. The van der Waals surface area contributed by atoms with Crippen molar-refractivity contribution in [2.45, 2.75) is 6.42 Å². The van der Waals surface area contributed by atoms with E-state index in [1.165, 1.54) is 7.11 Å². The summed E-state index contributed by atoms with van der Waals surface area (Å²) in [6.45, 7) is 1.95. The highest BCUT2D eigenvalue weighted by Crippen LogP contribution is 2.32. The number of benzene rings is 2. The molecule has 2 N–H and O–H groups in total. The van der Waals surface area contributed by atoms with Crippen molar-refractivity contribution in [1.29, 1.82) is 0 Å². The molecule has 0 bridgehead atoms. The number of morpholine rings is 1. The second-order valence-corrected chi connectivity index (χ2v) is 7.46. The summed E-state index contributed by atoms with van der Waals surface area (Å²) < 4.78 is 16.3. The predicted molar refractivity (Wildman–Crippen MR) is 122 cm³/mol. The van der Waals surface area contributed by atoms with Gasteiger partial charge in [-0.2, -0.15) is 0 Å². The molecule has 0 atom stereocenters. The summed E-state index contributed by atoms with van der Waals surface area (Å²) >= 11 is 0. The summed E-state index contributed by atoms with van der Waals surface area (Å²) in [6.07, 6.45) is 0.0194. The number of hydrogen-bond donors (Lipinski definition) is 2. The topological polar surface area (TPSA) is 110 Å². The van der Waals surface area contributed by atoms with Crippen molar-refractivity contribution in [3.05, 3.63) is 59.9 Å². The van der Waals surface area contributed by atoms with Crippen LogP contribution in [-0.2, 0) is 9.53 Å². The number of amides is 3. The number of methoxy groups -OCH3 is 1. The fourth-order valence-electron chi connectivity index (χ4n) is 3.65. The summed E-state index contributed by atoms with van der Waals surface area (Å²) in [5.41, 5.74) is 1.23. The van der Waals surface area contributed by atoms with Crippen molar-refractivity contribution < 1.29 is 28.3 Å². The molecule has 1 fully saturated rings. The Morgan fingerprint density at radius 3 is 2.55 bits per heavy atom. The minimum atomic E-state index is -0.349. The first-order chi connectivity index (χ1) is 16.1. The first kappa shape index (κ1) is 22.3. The second-order valence-electron chi connectivity index (χ2n) is 7.46.